The van der Waals surface area contributed by atoms with E-state index in [2.05, 4.69) is 11.8 Å². The molecule has 0 aromatic carbocycles. The molecule has 1 heterocycles. The fourth-order valence-electron chi connectivity index (χ4n) is 4.07. The van der Waals surface area contributed by atoms with Gasteiger partial charge in [-0.3, -0.25) is 19.6 Å². The molecular weight excluding hydrogens is 336 g/mol. The number of hydrogen-bond donors (Lipinski definition) is 0. The summed E-state index contributed by atoms with van der Waals surface area (Å²) in [5, 5.41) is 0. The van der Waals surface area contributed by atoms with Gasteiger partial charge in [0.2, 0.25) is 11.8 Å². The lowest BCUT2D eigenvalue weighted by Gasteiger charge is -2.37. The van der Waals surface area contributed by atoms with Crippen LogP contribution >= 0.6 is 0 Å². The summed E-state index contributed by atoms with van der Waals surface area (Å²) in [5.74, 6) is -1.44. The smallest absolute Gasteiger partial charge is 0.248 e. The topological polar surface area (TPSA) is 35.9 Å². The molecule has 0 N–H and O–H groups in total. The molecule has 6 heteroatoms. The second-order valence-corrected chi connectivity index (χ2v) is 7.99. The molecule has 0 atom stereocenters. The van der Waals surface area contributed by atoms with Gasteiger partial charge in [-0.25, -0.2) is 8.78 Å². The summed E-state index contributed by atoms with van der Waals surface area (Å²) in [5.41, 5.74) is 0. The summed E-state index contributed by atoms with van der Waals surface area (Å²) in [7, 11) is 0. The zero-order valence-electron chi connectivity index (χ0n) is 16.6. The molecule has 150 valence electrons. The van der Waals surface area contributed by atoms with Gasteiger partial charge in [-0.05, 0) is 46.1 Å². The normalized spacial score (nSPS) is 24.0. The molecule has 2 rings (SSSR count). The SMILES string of the molecule is CCCCC1=NCCN(C2CCC(F)(F)CC2)CCCC(=O)N1C(C)C. The third-order valence-electron chi connectivity index (χ3n) is 5.54. The van der Waals surface area contributed by atoms with Gasteiger partial charge in [0.1, 0.15) is 5.84 Å². The van der Waals surface area contributed by atoms with Gasteiger partial charge >= 0.3 is 0 Å². The van der Waals surface area contributed by atoms with E-state index in [0.717, 1.165) is 44.6 Å². The number of amidine groups is 1. The average Bonchev–Trinajstić information content (AvgIpc) is 2.57. The summed E-state index contributed by atoms with van der Waals surface area (Å²) in [6, 6.07) is 0.328. The molecule has 1 amide bonds. The quantitative estimate of drug-likeness (QED) is 0.714. The second-order valence-electron chi connectivity index (χ2n) is 7.99. The van der Waals surface area contributed by atoms with E-state index >= 15 is 0 Å². The Balaban J connectivity index is 2.07. The maximum atomic E-state index is 13.5. The van der Waals surface area contributed by atoms with Crippen LogP contribution in [0, 0.1) is 0 Å². The van der Waals surface area contributed by atoms with E-state index in [-0.39, 0.29) is 30.8 Å². The fourth-order valence-corrected chi connectivity index (χ4v) is 4.07. The largest absolute Gasteiger partial charge is 0.299 e. The first-order valence-electron chi connectivity index (χ1n) is 10.3. The monoisotopic (exact) mass is 371 g/mol. The highest BCUT2D eigenvalue weighted by molar-refractivity contribution is 5.98. The zero-order chi connectivity index (χ0) is 19.2. The standard InChI is InChI=1S/C20H35F2N3O/c1-4-5-7-18-23-13-15-24(17-9-11-20(21,22)12-10-17)14-6-8-19(26)25(18)16(2)3/h16-17H,4-15H2,1-3H3. The van der Waals surface area contributed by atoms with Crippen LogP contribution in [0.15, 0.2) is 4.99 Å². The number of carbonyl (C=O) groups is 1. The summed E-state index contributed by atoms with van der Waals surface area (Å²) >= 11 is 0. The van der Waals surface area contributed by atoms with Crippen molar-refractivity contribution in [2.75, 3.05) is 19.6 Å². The lowest BCUT2D eigenvalue weighted by atomic mass is 9.91. The van der Waals surface area contributed by atoms with Crippen molar-refractivity contribution in [2.45, 2.75) is 96.6 Å². The van der Waals surface area contributed by atoms with E-state index in [4.69, 9.17) is 4.99 Å². The first-order chi connectivity index (χ1) is 12.3. The van der Waals surface area contributed by atoms with Crippen LogP contribution in [-0.4, -0.2) is 59.2 Å². The molecule has 0 saturated heterocycles. The minimum Gasteiger partial charge on any atom is -0.299 e. The average molecular weight is 372 g/mol. The van der Waals surface area contributed by atoms with E-state index in [0.29, 0.717) is 25.8 Å². The van der Waals surface area contributed by atoms with Crippen molar-refractivity contribution in [2.24, 2.45) is 4.99 Å². The van der Waals surface area contributed by atoms with Crippen molar-refractivity contribution in [1.29, 1.82) is 0 Å². The number of halogens is 2. The van der Waals surface area contributed by atoms with Crippen LogP contribution in [0.25, 0.3) is 0 Å². The number of carbonyl (C=O) groups excluding carboxylic acids is 1. The van der Waals surface area contributed by atoms with Crippen molar-refractivity contribution in [1.82, 2.24) is 9.80 Å². The number of alkyl halides is 2. The molecule has 0 spiro atoms. The van der Waals surface area contributed by atoms with E-state index in [1.54, 1.807) is 0 Å². The van der Waals surface area contributed by atoms with Gasteiger partial charge in [-0.1, -0.05) is 13.3 Å². The first-order valence-corrected chi connectivity index (χ1v) is 10.3. The predicted molar refractivity (Wildman–Crippen MR) is 102 cm³/mol. The van der Waals surface area contributed by atoms with Gasteiger partial charge < -0.3 is 0 Å². The summed E-state index contributed by atoms with van der Waals surface area (Å²) in [6.45, 7) is 8.46. The Bertz CT molecular complexity index is 483. The molecule has 0 aromatic rings. The number of rotatable bonds is 5. The molecule has 0 unspecified atom stereocenters. The lowest BCUT2D eigenvalue weighted by Crippen LogP contribution is -2.45. The highest BCUT2D eigenvalue weighted by Gasteiger charge is 2.37. The summed E-state index contributed by atoms with van der Waals surface area (Å²) in [4.78, 5) is 21.7. The molecule has 1 fully saturated rings. The van der Waals surface area contributed by atoms with Crippen LogP contribution in [0.5, 0.6) is 0 Å². The highest BCUT2D eigenvalue weighted by Crippen LogP contribution is 2.35. The Morgan fingerprint density at radius 2 is 1.92 bits per heavy atom. The van der Waals surface area contributed by atoms with E-state index in [1.807, 2.05) is 18.7 Å². The minimum atomic E-state index is -2.49. The van der Waals surface area contributed by atoms with E-state index < -0.39 is 5.92 Å². The summed E-state index contributed by atoms with van der Waals surface area (Å²) < 4.78 is 26.9. The van der Waals surface area contributed by atoms with Crippen LogP contribution in [0.1, 0.15) is 78.6 Å². The number of unbranched alkanes of at least 4 members (excludes halogenated alkanes) is 1. The Morgan fingerprint density at radius 3 is 2.54 bits per heavy atom. The third-order valence-corrected chi connectivity index (χ3v) is 5.54. The maximum absolute atomic E-state index is 13.5. The number of hydrogen-bond acceptors (Lipinski definition) is 3. The van der Waals surface area contributed by atoms with Gasteiger partial charge in [0.05, 0.1) is 6.54 Å². The van der Waals surface area contributed by atoms with Gasteiger partial charge in [0.15, 0.2) is 0 Å². The summed E-state index contributed by atoms with van der Waals surface area (Å²) in [6.07, 6.45) is 5.28. The number of aliphatic imine (C=N–C) groups is 1. The molecule has 0 bridgehead atoms. The first kappa shape index (κ1) is 21.3. The Hall–Kier alpha value is -1.04. The molecule has 26 heavy (non-hydrogen) atoms. The highest BCUT2D eigenvalue weighted by atomic mass is 19.3. The van der Waals surface area contributed by atoms with Crippen molar-refractivity contribution in [3.8, 4) is 0 Å². The third kappa shape index (κ3) is 6.00. The van der Waals surface area contributed by atoms with Crippen LogP contribution in [0.3, 0.4) is 0 Å². The van der Waals surface area contributed by atoms with Crippen LogP contribution in [0.4, 0.5) is 8.78 Å². The molecule has 1 aliphatic carbocycles. The molecular formula is C20H35F2N3O. The van der Waals surface area contributed by atoms with Crippen molar-refractivity contribution >= 4 is 11.7 Å². The van der Waals surface area contributed by atoms with Crippen molar-refractivity contribution in [3.05, 3.63) is 0 Å². The Morgan fingerprint density at radius 1 is 1.23 bits per heavy atom. The van der Waals surface area contributed by atoms with Crippen LogP contribution in [-0.2, 0) is 4.79 Å². The van der Waals surface area contributed by atoms with E-state index in [1.165, 1.54) is 0 Å². The van der Waals surface area contributed by atoms with E-state index in [9.17, 15) is 13.6 Å². The van der Waals surface area contributed by atoms with Crippen molar-refractivity contribution in [3.63, 3.8) is 0 Å². The lowest BCUT2D eigenvalue weighted by molar-refractivity contribution is -0.128. The van der Waals surface area contributed by atoms with Crippen molar-refractivity contribution < 1.29 is 13.6 Å². The molecule has 0 radical (unpaired) electrons. The minimum absolute atomic E-state index is 0.0146. The van der Waals surface area contributed by atoms with Gasteiger partial charge in [-0.2, -0.15) is 0 Å². The number of nitrogens with zero attached hydrogens (tertiary/aromatic N) is 3. The second kappa shape index (κ2) is 9.77. The molecule has 4 nitrogen and oxygen atoms in total. The molecule has 2 aliphatic rings. The fraction of sp³-hybridized carbons (Fsp3) is 0.900. The van der Waals surface area contributed by atoms with Gasteiger partial charge in [0.25, 0.3) is 0 Å². The maximum Gasteiger partial charge on any atom is 0.248 e. The number of amides is 1. The Labute approximate surface area is 157 Å². The Kier molecular flexibility index (Phi) is 7.99. The van der Waals surface area contributed by atoms with Gasteiger partial charge in [-0.15, -0.1) is 0 Å². The zero-order valence-corrected chi connectivity index (χ0v) is 16.6. The molecule has 1 aliphatic heterocycles. The van der Waals surface area contributed by atoms with Crippen LogP contribution in [0.2, 0.25) is 0 Å². The van der Waals surface area contributed by atoms with Crippen LogP contribution < -0.4 is 0 Å². The molecule has 1 saturated carbocycles. The van der Waals surface area contributed by atoms with Gasteiger partial charge in [0, 0.05) is 44.3 Å². The predicted octanol–water partition coefficient (Wildman–Crippen LogP) is 4.49. The molecule has 0 aromatic heterocycles.